The van der Waals surface area contributed by atoms with E-state index < -0.39 is 11.2 Å². The zero-order valence-electron chi connectivity index (χ0n) is 16.7. The molecule has 0 fully saturated rings. The van der Waals surface area contributed by atoms with Gasteiger partial charge in [-0.2, -0.15) is 0 Å². The van der Waals surface area contributed by atoms with E-state index in [4.69, 9.17) is 4.74 Å². The first-order valence-corrected chi connectivity index (χ1v) is 10.2. The zero-order chi connectivity index (χ0) is 21.7. The van der Waals surface area contributed by atoms with Crippen molar-refractivity contribution < 1.29 is 4.74 Å². The van der Waals surface area contributed by atoms with Gasteiger partial charge in [-0.05, 0) is 42.0 Å². The predicted molar refractivity (Wildman–Crippen MR) is 120 cm³/mol. The minimum Gasteiger partial charge on any atom is -0.497 e. The fourth-order valence-electron chi connectivity index (χ4n) is 3.69. The van der Waals surface area contributed by atoms with E-state index in [2.05, 4.69) is 31.1 Å². The summed E-state index contributed by atoms with van der Waals surface area (Å²) in [7, 11) is 3.21. The molecule has 0 radical (unpaired) electrons. The quantitative estimate of drug-likeness (QED) is 0.426. The maximum atomic E-state index is 12.8. The average Bonchev–Trinajstić information content (AvgIpc) is 3.33. The van der Waals surface area contributed by atoms with Crippen LogP contribution in [0.3, 0.4) is 0 Å². The number of ether oxygens (including phenoxy) is 1. The molecule has 156 valence electrons. The molecule has 0 amide bonds. The van der Waals surface area contributed by atoms with Crippen molar-refractivity contribution in [2.24, 2.45) is 7.05 Å². The molecule has 0 saturated heterocycles. The molecule has 3 aromatic heterocycles. The van der Waals surface area contributed by atoms with E-state index in [0.29, 0.717) is 35.1 Å². The van der Waals surface area contributed by atoms with Crippen LogP contribution in [0.25, 0.3) is 28.3 Å². The Morgan fingerprint density at radius 2 is 1.74 bits per heavy atom. The van der Waals surface area contributed by atoms with Crippen LogP contribution in [-0.2, 0) is 13.6 Å². The van der Waals surface area contributed by atoms with Gasteiger partial charge >= 0.3 is 5.69 Å². The minimum absolute atomic E-state index is 0.352. The molecule has 0 aliphatic rings. The summed E-state index contributed by atoms with van der Waals surface area (Å²) in [4.78, 5) is 27.6. The molecule has 5 rings (SSSR count). The van der Waals surface area contributed by atoms with Crippen LogP contribution in [0.1, 0.15) is 5.56 Å². The Morgan fingerprint density at radius 1 is 1.03 bits per heavy atom. The third-order valence-corrected chi connectivity index (χ3v) is 5.77. The molecular weight excluding hydrogens is 464 g/mol. The second kappa shape index (κ2) is 7.24. The number of halogens is 1. The number of aromatic nitrogens is 6. The van der Waals surface area contributed by atoms with Gasteiger partial charge in [-0.15, -0.1) is 10.2 Å². The van der Waals surface area contributed by atoms with Gasteiger partial charge in [-0.1, -0.05) is 28.1 Å². The molecule has 0 bridgehead atoms. The Balaban J connectivity index is 1.83. The van der Waals surface area contributed by atoms with Crippen molar-refractivity contribution in [3.8, 4) is 17.1 Å². The van der Waals surface area contributed by atoms with Gasteiger partial charge < -0.3 is 4.74 Å². The van der Waals surface area contributed by atoms with Crippen molar-refractivity contribution in [1.29, 1.82) is 0 Å². The standard InChI is InChI=1S/C21H17BrN6O3/c1-26-19-16(18(29)23-21(26)30)27(11-12-3-7-14(22)8-4-12)20-25-24-17(28(19)20)13-5-9-15(31-2)10-6-13/h3-10H,11H2,1-2H3,(H,23,29,30). The molecule has 0 aliphatic carbocycles. The molecule has 10 heteroatoms. The third-order valence-electron chi connectivity index (χ3n) is 5.24. The topological polar surface area (TPSA) is 99.2 Å². The lowest BCUT2D eigenvalue weighted by molar-refractivity contribution is 0.415. The van der Waals surface area contributed by atoms with Crippen LogP contribution in [0.5, 0.6) is 5.75 Å². The first-order chi connectivity index (χ1) is 15.0. The van der Waals surface area contributed by atoms with Crippen LogP contribution in [0, 0.1) is 0 Å². The minimum atomic E-state index is -0.505. The van der Waals surface area contributed by atoms with Gasteiger partial charge in [0.2, 0.25) is 5.78 Å². The molecule has 0 atom stereocenters. The van der Waals surface area contributed by atoms with Crippen LogP contribution in [0.2, 0.25) is 0 Å². The summed E-state index contributed by atoms with van der Waals surface area (Å²) in [5, 5.41) is 8.73. The number of aryl methyl sites for hydroxylation is 1. The Hall–Kier alpha value is -3.66. The average molecular weight is 481 g/mol. The van der Waals surface area contributed by atoms with Crippen molar-refractivity contribution in [3.63, 3.8) is 0 Å². The van der Waals surface area contributed by atoms with Gasteiger partial charge in [0.1, 0.15) is 5.75 Å². The first kappa shape index (κ1) is 19.3. The Morgan fingerprint density at radius 3 is 2.42 bits per heavy atom. The van der Waals surface area contributed by atoms with E-state index in [9.17, 15) is 9.59 Å². The molecule has 3 heterocycles. The van der Waals surface area contributed by atoms with Crippen LogP contribution in [0.4, 0.5) is 0 Å². The zero-order valence-corrected chi connectivity index (χ0v) is 18.3. The predicted octanol–water partition coefficient (Wildman–Crippen LogP) is 2.56. The Kier molecular flexibility index (Phi) is 4.51. The van der Waals surface area contributed by atoms with E-state index >= 15 is 0 Å². The number of benzene rings is 2. The molecule has 2 aromatic carbocycles. The Bertz CT molecular complexity index is 1540. The number of imidazole rings is 1. The number of rotatable bonds is 4. The fraction of sp³-hybridized carbons (Fsp3) is 0.143. The lowest BCUT2D eigenvalue weighted by Crippen LogP contribution is -2.29. The van der Waals surface area contributed by atoms with Crippen LogP contribution in [0.15, 0.2) is 62.6 Å². The monoisotopic (exact) mass is 480 g/mol. The Labute approximate surface area is 183 Å². The summed E-state index contributed by atoms with van der Waals surface area (Å²) in [5.41, 5.74) is 1.56. The SMILES string of the molecule is COc1ccc(-c2nnc3n(Cc4ccc(Br)cc4)c4c(=O)[nH]c(=O)n(C)c4n23)cc1. The highest BCUT2D eigenvalue weighted by atomic mass is 79.9. The summed E-state index contributed by atoms with van der Waals surface area (Å²) in [6, 6.07) is 15.2. The third kappa shape index (κ3) is 3.07. The summed E-state index contributed by atoms with van der Waals surface area (Å²) in [6.07, 6.45) is 0. The van der Waals surface area contributed by atoms with Crippen LogP contribution >= 0.6 is 15.9 Å². The van der Waals surface area contributed by atoms with Gasteiger partial charge in [-0.3, -0.25) is 18.9 Å². The maximum Gasteiger partial charge on any atom is 0.329 e. The highest BCUT2D eigenvalue weighted by Gasteiger charge is 2.23. The van der Waals surface area contributed by atoms with Gasteiger partial charge in [0, 0.05) is 17.1 Å². The second-order valence-electron chi connectivity index (χ2n) is 7.09. The van der Waals surface area contributed by atoms with Crippen LogP contribution < -0.4 is 16.0 Å². The first-order valence-electron chi connectivity index (χ1n) is 9.43. The van der Waals surface area contributed by atoms with Crippen molar-refractivity contribution in [2.75, 3.05) is 7.11 Å². The number of hydrogen-bond acceptors (Lipinski definition) is 5. The molecule has 0 unspecified atom stereocenters. The molecular formula is C21H17BrN6O3. The lowest BCUT2D eigenvalue weighted by Gasteiger charge is -2.05. The largest absolute Gasteiger partial charge is 0.497 e. The number of H-pyrrole nitrogens is 1. The molecule has 5 aromatic rings. The molecule has 9 nitrogen and oxygen atoms in total. The highest BCUT2D eigenvalue weighted by Crippen LogP contribution is 2.26. The molecule has 0 aliphatic heterocycles. The number of fused-ring (bicyclic) bond motifs is 3. The van der Waals surface area contributed by atoms with Gasteiger partial charge in [0.05, 0.1) is 13.7 Å². The highest BCUT2D eigenvalue weighted by molar-refractivity contribution is 9.10. The molecule has 0 spiro atoms. The van der Waals surface area contributed by atoms with E-state index in [-0.39, 0.29) is 0 Å². The van der Waals surface area contributed by atoms with E-state index in [0.717, 1.165) is 15.6 Å². The van der Waals surface area contributed by atoms with Gasteiger partial charge in [-0.25, -0.2) is 9.20 Å². The van der Waals surface area contributed by atoms with E-state index in [1.165, 1.54) is 4.57 Å². The lowest BCUT2D eigenvalue weighted by atomic mass is 10.2. The van der Waals surface area contributed by atoms with Crippen molar-refractivity contribution in [2.45, 2.75) is 6.54 Å². The van der Waals surface area contributed by atoms with Crippen molar-refractivity contribution >= 4 is 32.9 Å². The maximum absolute atomic E-state index is 12.8. The van der Waals surface area contributed by atoms with E-state index in [1.54, 1.807) is 23.1 Å². The molecule has 31 heavy (non-hydrogen) atoms. The van der Waals surface area contributed by atoms with Gasteiger partial charge in [0.15, 0.2) is 17.0 Å². The summed E-state index contributed by atoms with van der Waals surface area (Å²) in [6.45, 7) is 0.391. The molecule has 0 saturated carbocycles. The van der Waals surface area contributed by atoms with E-state index in [1.807, 2.05) is 48.5 Å². The fourth-order valence-corrected chi connectivity index (χ4v) is 3.96. The normalized spacial score (nSPS) is 11.5. The smallest absolute Gasteiger partial charge is 0.329 e. The van der Waals surface area contributed by atoms with Crippen molar-refractivity contribution in [3.05, 3.63) is 79.4 Å². The number of nitrogens with one attached hydrogen (secondary N) is 1. The summed E-state index contributed by atoms with van der Waals surface area (Å²) < 4.78 is 11.1. The summed E-state index contributed by atoms with van der Waals surface area (Å²) >= 11 is 3.44. The number of hydrogen-bond donors (Lipinski definition) is 1. The molecule has 1 N–H and O–H groups in total. The van der Waals surface area contributed by atoms with Crippen molar-refractivity contribution in [1.82, 2.24) is 28.7 Å². The van der Waals surface area contributed by atoms with Crippen LogP contribution in [-0.4, -0.2) is 35.8 Å². The number of methoxy groups -OCH3 is 1. The number of nitrogens with zero attached hydrogens (tertiary/aromatic N) is 5. The second-order valence-corrected chi connectivity index (χ2v) is 8.01. The number of aromatic amines is 1. The summed E-state index contributed by atoms with van der Waals surface area (Å²) in [5.74, 6) is 1.71. The van der Waals surface area contributed by atoms with Gasteiger partial charge in [0.25, 0.3) is 5.56 Å².